The lowest BCUT2D eigenvalue weighted by Crippen LogP contribution is -2.28. The van der Waals surface area contributed by atoms with Gasteiger partial charge in [-0.3, -0.25) is 4.90 Å². The van der Waals surface area contributed by atoms with Crippen LogP contribution in [0.2, 0.25) is 0 Å². The molecule has 1 aromatic carbocycles. The van der Waals surface area contributed by atoms with Gasteiger partial charge in [-0.05, 0) is 59.1 Å². The second-order valence-corrected chi connectivity index (χ2v) is 8.55. The highest BCUT2D eigenvalue weighted by Crippen LogP contribution is 2.28. The van der Waals surface area contributed by atoms with Crippen molar-refractivity contribution in [3.05, 3.63) is 58.3 Å². The molecular weight excluding hydrogens is 400 g/mol. The molecule has 5 heteroatoms. The quantitative estimate of drug-likeness (QED) is 0.656. The highest BCUT2D eigenvalue weighted by atomic mass is 79.9. The molecule has 1 aliphatic heterocycles. The van der Waals surface area contributed by atoms with Crippen LogP contribution in [-0.2, 0) is 6.54 Å². The Kier molecular flexibility index (Phi) is 5.62. The summed E-state index contributed by atoms with van der Waals surface area (Å²) in [6, 6.07) is 13.1. The third kappa shape index (κ3) is 4.10. The van der Waals surface area contributed by atoms with Crippen LogP contribution in [0.15, 0.2) is 47.1 Å². The average molecular weight is 427 g/mol. The standard InChI is InChI=1S/C22H27BrN4/c1-16(2)17-4-6-18(7-5-17)22-20(15-26-12-3-10-24-11-13-26)27-14-19(23)8-9-21(27)25-22/h4-9,14,16,24H,3,10-13,15H2,1-2H3. The minimum absolute atomic E-state index is 0.542. The topological polar surface area (TPSA) is 32.6 Å². The van der Waals surface area contributed by atoms with Crippen molar-refractivity contribution in [1.29, 1.82) is 0 Å². The zero-order chi connectivity index (χ0) is 18.8. The summed E-state index contributed by atoms with van der Waals surface area (Å²) in [7, 11) is 0. The van der Waals surface area contributed by atoms with Crippen molar-refractivity contribution in [2.75, 3.05) is 26.2 Å². The fraction of sp³-hybridized carbons (Fsp3) is 0.409. The third-order valence-corrected chi connectivity index (χ3v) is 5.81. The highest BCUT2D eigenvalue weighted by Gasteiger charge is 2.18. The van der Waals surface area contributed by atoms with Gasteiger partial charge in [-0.2, -0.15) is 0 Å². The van der Waals surface area contributed by atoms with Crippen molar-refractivity contribution in [2.45, 2.75) is 32.7 Å². The molecular formula is C22H27BrN4. The number of aromatic nitrogens is 2. The van der Waals surface area contributed by atoms with Gasteiger partial charge in [-0.1, -0.05) is 38.1 Å². The largest absolute Gasteiger partial charge is 0.315 e. The Hall–Kier alpha value is -1.69. The van der Waals surface area contributed by atoms with Crippen LogP contribution in [0.5, 0.6) is 0 Å². The van der Waals surface area contributed by atoms with Gasteiger partial charge in [0.2, 0.25) is 0 Å². The number of hydrogen-bond donors (Lipinski definition) is 1. The first-order valence-electron chi connectivity index (χ1n) is 9.82. The number of hydrogen-bond acceptors (Lipinski definition) is 3. The molecule has 0 amide bonds. The van der Waals surface area contributed by atoms with Crippen molar-refractivity contribution >= 4 is 21.6 Å². The summed E-state index contributed by atoms with van der Waals surface area (Å²) in [6.07, 6.45) is 3.33. The van der Waals surface area contributed by atoms with E-state index in [1.165, 1.54) is 23.2 Å². The first-order valence-corrected chi connectivity index (χ1v) is 10.6. The van der Waals surface area contributed by atoms with Gasteiger partial charge in [-0.15, -0.1) is 0 Å². The number of halogens is 1. The number of imidazole rings is 1. The molecule has 4 nitrogen and oxygen atoms in total. The van der Waals surface area contributed by atoms with E-state index in [1.54, 1.807) is 0 Å². The summed E-state index contributed by atoms with van der Waals surface area (Å²) in [6.45, 7) is 9.75. The zero-order valence-electron chi connectivity index (χ0n) is 16.1. The van der Waals surface area contributed by atoms with Crippen LogP contribution in [0.1, 0.15) is 37.4 Å². The van der Waals surface area contributed by atoms with E-state index in [9.17, 15) is 0 Å². The molecule has 1 fully saturated rings. The number of nitrogens with one attached hydrogen (secondary N) is 1. The first kappa shape index (κ1) is 18.7. The van der Waals surface area contributed by atoms with Crippen LogP contribution in [0, 0.1) is 0 Å². The maximum atomic E-state index is 4.99. The van der Waals surface area contributed by atoms with E-state index in [0.29, 0.717) is 5.92 Å². The fourth-order valence-electron chi connectivity index (χ4n) is 3.75. The van der Waals surface area contributed by atoms with Crippen molar-refractivity contribution < 1.29 is 0 Å². The van der Waals surface area contributed by atoms with Crippen LogP contribution in [0.25, 0.3) is 16.9 Å². The Balaban J connectivity index is 1.76. The highest BCUT2D eigenvalue weighted by molar-refractivity contribution is 9.10. The summed E-state index contributed by atoms with van der Waals surface area (Å²) in [5, 5.41) is 3.49. The molecule has 4 rings (SSSR count). The lowest BCUT2D eigenvalue weighted by Gasteiger charge is -2.20. The van der Waals surface area contributed by atoms with Crippen LogP contribution >= 0.6 is 15.9 Å². The number of fused-ring (bicyclic) bond motifs is 1. The Morgan fingerprint density at radius 3 is 2.67 bits per heavy atom. The maximum Gasteiger partial charge on any atom is 0.137 e. The summed E-state index contributed by atoms with van der Waals surface area (Å²) >= 11 is 3.62. The summed E-state index contributed by atoms with van der Waals surface area (Å²) in [5.41, 5.74) is 5.93. The number of pyridine rings is 1. The van der Waals surface area contributed by atoms with Crippen LogP contribution in [-0.4, -0.2) is 40.5 Å². The molecule has 0 radical (unpaired) electrons. The summed E-state index contributed by atoms with van der Waals surface area (Å²) in [4.78, 5) is 7.53. The normalized spacial score (nSPS) is 16.1. The van der Waals surface area contributed by atoms with E-state index >= 15 is 0 Å². The van der Waals surface area contributed by atoms with Crippen molar-refractivity contribution in [3.8, 4) is 11.3 Å². The molecule has 0 atom stereocenters. The van der Waals surface area contributed by atoms with Gasteiger partial charge in [0.05, 0.1) is 11.4 Å². The van der Waals surface area contributed by atoms with Gasteiger partial charge in [0, 0.05) is 35.9 Å². The summed E-state index contributed by atoms with van der Waals surface area (Å²) < 4.78 is 3.32. The molecule has 0 bridgehead atoms. The smallest absolute Gasteiger partial charge is 0.137 e. The van der Waals surface area contributed by atoms with E-state index in [0.717, 1.165) is 48.5 Å². The molecule has 0 saturated carbocycles. The monoisotopic (exact) mass is 426 g/mol. The predicted octanol–water partition coefficient (Wildman–Crippen LogP) is 4.68. The molecule has 0 aliphatic carbocycles. The average Bonchev–Trinajstić information content (AvgIpc) is 2.83. The van der Waals surface area contributed by atoms with Crippen LogP contribution in [0.3, 0.4) is 0 Å². The van der Waals surface area contributed by atoms with Crippen molar-refractivity contribution in [1.82, 2.24) is 19.6 Å². The SMILES string of the molecule is CC(C)c1ccc(-c2nc3ccc(Br)cn3c2CN2CCCNCC2)cc1. The van der Waals surface area contributed by atoms with Gasteiger partial charge in [0.25, 0.3) is 0 Å². The maximum absolute atomic E-state index is 4.99. The second kappa shape index (κ2) is 8.13. The van der Waals surface area contributed by atoms with Gasteiger partial charge >= 0.3 is 0 Å². The zero-order valence-corrected chi connectivity index (χ0v) is 17.7. The molecule has 27 heavy (non-hydrogen) atoms. The molecule has 0 unspecified atom stereocenters. The molecule has 1 aliphatic rings. The van der Waals surface area contributed by atoms with Gasteiger partial charge < -0.3 is 9.72 Å². The van der Waals surface area contributed by atoms with E-state index < -0.39 is 0 Å². The van der Waals surface area contributed by atoms with E-state index in [1.807, 2.05) is 0 Å². The van der Waals surface area contributed by atoms with E-state index in [-0.39, 0.29) is 0 Å². The lowest BCUT2D eigenvalue weighted by atomic mass is 10.0. The van der Waals surface area contributed by atoms with Gasteiger partial charge in [0.15, 0.2) is 0 Å². The second-order valence-electron chi connectivity index (χ2n) is 7.64. The van der Waals surface area contributed by atoms with E-state index in [4.69, 9.17) is 4.98 Å². The van der Waals surface area contributed by atoms with Crippen molar-refractivity contribution in [3.63, 3.8) is 0 Å². The molecule has 1 saturated heterocycles. The number of nitrogens with zero attached hydrogens (tertiary/aromatic N) is 3. The predicted molar refractivity (Wildman–Crippen MR) is 115 cm³/mol. The lowest BCUT2D eigenvalue weighted by molar-refractivity contribution is 0.281. The van der Waals surface area contributed by atoms with Crippen LogP contribution < -0.4 is 5.32 Å². The molecule has 3 heterocycles. The van der Waals surface area contributed by atoms with Gasteiger partial charge in [-0.25, -0.2) is 4.98 Å². The Morgan fingerprint density at radius 2 is 1.89 bits per heavy atom. The number of benzene rings is 1. The fourth-order valence-corrected chi connectivity index (χ4v) is 4.08. The molecule has 1 N–H and O–H groups in total. The van der Waals surface area contributed by atoms with Gasteiger partial charge in [0.1, 0.15) is 5.65 Å². The molecule has 2 aromatic heterocycles. The molecule has 0 spiro atoms. The summed E-state index contributed by atoms with van der Waals surface area (Å²) in [5.74, 6) is 0.542. The van der Waals surface area contributed by atoms with Crippen molar-refractivity contribution in [2.24, 2.45) is 0 Å². The Labute approximate surface area is 169 Å². The molecule has 142 valence electrons. The molecule has 3 aromatic rings. The third-order valence-electron chi connectivity index (χ3n) is 5.34. The first-order chi connectivity index (χ1) is 13.1. The Morgan fingerprint density at radius 1 is 1.07 bits per heavy atom. The van der Waals surface area contributed by atoms with E-state index in [2.05, 4.69) is 87.0 Å². The van der Waals surface area contributed by atoms with Crippen LogP contribution in [0.4, 0.5) is 0 Å². The Bertz CT molecular complexity index is 906. The number of rotatable bonds is 4. The minimum atomic E-state index is 0.542. The minimum Gasteiger partial charge on any atom is -0.315 e.